The number of halogens is 1. The highest BCUT2D eigenvalue weighted by molar-refractivity contribution is 5.85. The molecule has 0 radical (unpaired) electrons. The third-order valence-electron chi connectivity index (χ3n) is 1.82. The fourth-order valence-corrected chi connectivity index (χ4v) is 1.04. The van der Waals surface area contributed by atoms with Gasteiger partial charge in [0.15, 0.2) is 0 Å². The van der Waals surface area contributed by atoms with Crippen LogP contribution in [0.2, 0.25) is 0 Å². The summed E-state index contributed by atoms with van der Waals surface area (Å²) in [5.41, 5.74) is 5.66. The van der Waals surface area contributed by atoms with Crippen molar-refractivity contribution >= 4 is 18.4 Å². The van der Waals surface area contributed by atoms with Crippen molar-refractivity contribution in [1.29, 1.82) is 0 Å². The first kappa shape index (κ1) is 14.0. The van der Waals surface area contributed by atoms with Gasteiger partial charge in [-0.3, -0.25) is 4.79 Å². The zero-order valence-electron chi connectivity index (χ0n) is 8.30. The number of rotatable bonds is 4. The molecule has 1 aromatic rings. The number of aliphatic hydroxyl groups excluding tert-OH is 1. The van der Waals surface area contributed by atoms with Crippen molar-refractivity contribution in [3.05, 3.63) is 23.7 Å². The molecule has 0 saturated carbocycles. The van der Waals surface area contributed by atoms with Crippen LogP contribution in [0.4, 0.5) is 0 Å². The predicted molar refractivity (Wildman–Crippen MR) is 55.4 cm³/mol. The Bertz CT molecular complexity index is 313. The highest BCUT2D eigenvalue weighted by Gasteiger charge is 2.15. The summed E-state index contributed by atoms with van der Waals surface area (Å²) >= 11 is 0. The Kier molecular flexibility index (Phi) is 6.00. The number of nitrogens with two attached hydrogens (primary N) is 1. The van der Waals surface area contributed by atoms with Gasteiger partial charge in [-0.25, -0.2) is 0 Å². The molecule has 1 atom stereocenters. The summed E-state index contributed by atoms with van der Waals surface area (Å²) < 4.78 is 9.62. The normalized spacial score (nSPS) is 11.7. The SMILES string of the molecule is COC(=O)C[C@H](N)c1ccc(CO)o1.Cl. The standard InChI is InChI=1S/C9H13NO4.ClH/c1-13-9(12)4-7(10)8-3-2-6(5-11)14-8;/h2-3,7,11H,4-5,10H2,1H3;1H/t7-;/m0./s1. The number of methoxy groups -OCH3 is 1. The van der Waals surface area contributed by atoms with Crippen molar-refractivity contribution in [2.24, 2.45) is 5.73 Å². The van der Waals surface area contributed by atoms with Crippen LogP contribution in [-0.4, -0.2) is 18.2 Å². The summed E-state index contributed by atoms with van der Waals surface area (Å²) in [6.45, 7) is -0.176. The fraction of sp³-hybridized carbons (Fsp3) is 0.444. The average molecular weight is 236 g/mol. The van der Waals surface area contributed by atoms with Gasteiger partial charge in [0.2, 0.25) is 0 Å². The zero-order chi connectivity index (χ0) is 10.6. The minimum atomic E-state index is -0.525. The third kappa shape index (κ3) is 3.91. The second-order valence-electron chi connectivity index (χ2n) is 2.85. The van der Waals surface area contributed by atoms with Crippen LogP contribution in [0.15, 0.2) is 16.5 Å². The summed E-state index contributed by atoms with van der Waals surface area (Å²) in [5.74, 6) is 0.513. The number of carbonyl (C=O) groups excluding carboxylic acids is 1. The zero-order valence-corrected chi connectivity index (χ0v) is 9.12. The molecule has 0 aliphatic heterocycles. The lowest BCUT2D eigenvalue weighted by atomic mass is 10.2. The van der Waals surface area contributed by atoms with Crippen LogP contribution in [-0.2, 0) is 16.1 Å². The van der Waals surface area contributed by atoms with E-state index >= 15 is 0 Å². The first-order chi connectivity index (χ1) is 6.67. The molecule has 0 amide bonds. The van der Waals surface area contributed by atoms with Crippen molar-refractivity contribution < 1.29 is 19.1 Å². The summed E-state index contributed by atoms with van der Waals surface area (Å²) in [5, 5.41) is 8.73. The molecule has 0 bridgehead atoms. The minimum absolute atomic E-state index is 0. The van der Waals surface area contributed by atoms with Gasteiger partial charge >= 0.3 is 5.97 Å². The van der Waals surface area contributed by atoms with Crippen molar-refractivity contribution in [1.82, 2.24) is 0 Å². The quantitative estimate of drug-likeness (QED) is 0.753. The van der Waals surface area contributed by atoms with E-state index in [1.54, 1.807) is 12.1 Å². The maximum absolute atomic E-state index is 10.9. The Morgan fingerprint density at radius 1 is 1.67 bits per heavy atom. The van der Waals surface area contributed by atoms with Crippen LogP contribution in [0.1, 0.15) is 24.0 Å². The molecule has 0 fully saturated rings. The lowest BCUT2D eigenvalue weighted by Crippen LogP contribution is -2.15. The van der Waals surface area contributed by atoms with Crippen molar-refractivity contribution in [3.63, 3.8) is 0 Å². The highest BCUT2D eigenvalue weighted by atomic mass is 35.5. The molecular formula is C9H14ClNO4. The molecule has 0 unspecified atom stereocenters. The smallest absolute Gasteiger partial charge is 0.307 e. The minimum Gasteiger partial charge on any atom is -0.469 e. The Labute approximate surface area is 93.6 Å². The molecule has 5 nitrogen and oxygen atoms in total. The third-order valence-corrected chi connectivity index (χ3v) is 1.82. The summed E-state index contributed by atoms with van der Waals surface area (Å²) in [6, 6.07) is 2.73. The second kappa shape index (κ2) is 6.44. The van der Waals surface area contributed by atoms with Gasteiger partial charge in [0.25, 0.3) is 0 Å². The molecule has 1 aromatic heterocycles. The van der Waals surface area contributed by atoms with E-state index in [1.807, 2.05) is 0 Å². The van der Waals surface area contributed by atoms with Gasteiger partial charge in [0.1, 0.15) is 18.1 Å². The van der Waals surface area contributed by atoms with Gasteiger partial charge in [0.05, 0.1) is 19.6 Å². The maximum Gasteiger partial charge on any atom is 0.307 e. The molecule has 1 heterocycles. The van der Waals surface area contributed by atoms with Gasteiger partial charge in [-0.15, -0.1) is 12.4 Å². The topological polar surface area (TPSA) is 85.7 Å². The fourth-order valence-electron chi connectivity index (χ4n) is 1.04. The van der Waals surface area contributed by atoms with E-state index in [0.717, 1.165) is 0 Å². The van der Waals surface area contributed by atoms with Crippen molar-refractivity contribution in [3.8, 4) is 0 Å². The molecule has 86 valence electrons. The number of esters is 1. The van der Waals surface area contributed by atoms with E-state index in [2.05, 4.69) is 4.74 Å². The van der Waals surface area contributed by atoms with E-state index in [1.165, 1.54) is 7.11 Å². The Balaban J connectivity index is 0.00000196. The summed E-state index contributed by atoms with van der Waals surface area (Å²) in [7, 11) is 1.30. The van der Waals surface area contributed by atoms with Gasteiger partial charge in [-0.05, 0) is 12.1 Å². The molecule has 0 saturated heterocycles. The first-order valence-electron chi connectivity index (χ1n) is 4.19. The largest absolute Gasteiger partial charge is 0.469 e. The molecule has 3 N–H and O–H groups in total. The van der Waals surface area contributed by atoms with Gasteiger partial charge in [-0.2, -0.15) is 0 Å². The van der Waals surface area contributed by atoms with Crippen LogP contribution in [0.3, 0.4) is 0 Å². The molecule has 0 aliphatic rings. The number of aliphatic hydroxyl groups is 1. The van der Waals surface area contributed by atoms with Crippen LogP contribution in [0.5, 0.6) is 0 Å². The Morgan fingerprint density at radius 3 is 2.80 bits per heavy atom. The van der Waals surface area contributed by atoms with Crippen LogP contribution in [0, 0.1) is 0 Å². The van der Waals surface area contributed by atoms with Crippen LogP contribution in [0.25, 0.3) is 0 Å². The number of hydrogen-bond acceptors (Lipinski definition) is 5. The molecule has 0 spiro atoms. The lowest BCUT2D eigenvalue weighted by molar-refractivity contribution is -0.141. The second-order valence-corrected chi connectivity index (χ2v) is 2.85. The maximum atomic E-state index is 10.9. The average Bonchev–Trinajstić information content (AvgIpc) is 2.65. The number of carbonyl (C=O) groups is 1. The summed E-state index contributed by atoms with van der Waals surface area (Å²) in [6.07, 6.45) is 0.0644. The van der Waals surface area contributed by atoms with Crippen molar-refractivity contribution in [2.45, 2.75) is 19.1 Å². The van der Waals surface area contributed by atoms with E-state index in [0.29, 0.717) is 11.5 Å². The van der Waals surface area contributed by atoms with Crippen LogP contribution >= 0.6 is 12.4 Å². The first-order valence-corrected chi connectivity index (χ1v) is 4.19. The predicted octanol–water partition coefficient (Wildman–Crippen LogP) is 0.757. The van der Waals surface area contributed by atoms with E-state index in [-0.39, 0.29) is 31.4 Å². The Hall–Kier alpha value is -1.04. The highest BCUT2D eigenvalue weighted by Crippen LogP contribution is 2.17. The molecule has 15 heavy (non-hydrogen) atoms. The monoisotopic (exact) mass is 235 g/mol. The van der Waals surface area contributed by atoms with E-state index in [4.69, 9.17) is 15.3 Å². The lowest BCUT2D eigenvalue weighted by Gasteiger charge is -2.06. The molecule has 6 heteroatoms. The van der Waals surface area contributed by atoms with E-state index in [9.17, 15) is 4.79 Å². The van der Waals surface area contributed by atoms with E-state index < -0.39 is 6.04 Å². The molecular weight excluding hydrogens is 222 g/mol. The number of ether oxygens (including phenoxy) is 1. The van der Waals surface area contributed by atoms with Crippen molar-refractivity contribution in [2.75, 3.05) is 7.11 Å². The molecule has 0 aromatic carbocycles. The van der Waals surface area contributed by atoms with Gasteiger partial charge in [-0.1, -0.05) is 0 Å². The molecule has 0 aliphatic carbocycles. The number of hydrogen-bond donors (Lipinski definition) is 2. The van der Waals surface area contributed by atoms with Crippen LogP contribution < -0.4 is 5.73 Å². The number of furan rings is 1. The van der Waals surface area contributed by atoms with Gasteiger partial charge in [0, 0.05) is 0 Å². The van der Waals surface area contributed by atoms with Gasteiger partial charge < -0.3 is 20.0 Å². The molecule has 1 rings (SSSR count). The summed E-state index contributed by atoms with van der Waals surface area (Å²) in [4.78, 5) is 10.9. The Morgan fingerprint density at radius 2 is 2.33 bits per heavy atom.